The maximum atomic E-state index is 16.9. The molecule has 168 valence electrons. The molecule has 0 heterocycles. The van der Waals surface area contributed by atoms with Gasteiger partial charge in [0.1, 0.15) is 12.2 Å². The molecule has 0 unspecified atom stereocenters. The number of hydrogen-bond acceptors (Lipinski definition) is 5. The Kier molecular flexibility index (Phi) is 5.71. The zero-order chi connectivity index (χ0) is 22.7. The second-order valence-corrected chi connectivity index (χ2v) is 9.75. The summed E-state index contributed by atoms with van der Waals surface area (Å²) in [5.41, 5.74) is -5.17. The Labute approximate surface area is 178 Å². The van der Waals surface area contributed by atoms with E-state index in [2.05, 4.69) is 0 Å². The first-order chi connectivity index (χ1) is 14.0. The van der Waals surface area contributed by atoms with E-state index in [1.54, 1.807) is 26.8 Å². The number of carbonyl (C=O) groups excluding carboxylic acids is 2. The second kappa shape index (κ2) is 7.35. The number of aliphatic hydroxyl groups excluding tert-OH is 2. The third-order valence-corrected chi connectivity index (χ3v) is 8.79. The van der Waals surface area contributed by atoms with Gasteiger partial charge in [-0.25, -0.2) is 4.39 Å². The minimum atomic E-state index is -1.98. The Balaban J connectivity index is 0.00000124. The fraction of sp³-hybridized carbons (Fsp3) is 0.750. The molecule has 3 fully saturated rings. The molecule has 8 atom stereocenters. The number of aliphatic hydroxyl groups is 3. The van der Waals surface area contributed by atoms with Crippen molar-refractivity contribution in [3.05, 3.63) is 23.8 Å². The Hall–Kier alpha value is -1.37. The predicted molar refractivity (Wildman–Crippen MR) is 111 cm³/mol. The fourth-order valence-electron chi connectivity index (χ4n) is 7.26. The van der Waals surface area contributed by atoms with E-state index < -0.39 is 52.4 Å². The molecule has 0 spiro atoms. The van der Waals surface area contributed by atoms with Gasteiger partial charge >= 0.3 is 0 Å². The lowest BCUT2D eigenvalue weighted by Crippen LogP contribution is -2.69. The van der Waals surface area contributed by atoms with Crippen LogP contribution in [0.3, 0.4) is 0 Å². The van der Waals surface area contributed by atoms with Crippen molar-refractivity contribution in [2.75, 3.05) is 6.61 Å². The van der Waals surface area contributed by atoms with Gasteiger partial charge in [-0.15, -0.1) is 0 Å². The van der Waals surface area contributed by atoms with E-state index in [-0.39, 0.29) is 18.1 Å². The summed E-state index contributed by atoms with van der Waals surface area (Å²) in [4.78, 5) is 24.4. The predicted octanol–water partition coefficient (Wildman–Crippen LogP) is 2.92. The highest BCUT2D eigenvalue weighted by molar-refractivity contribution is 6.01. The van der Waals surface area contributed by atoms with Crippen molar-refractivity contribution in [1.29, 1.82) is 0 Å². The zero-order valence-corrected chi connectivity index (χ0v) is 18.6. The molecule has 0 aromatic rings. The second-order valence-electron chi connectivity index (χ2n) is 9.75. The molecular formula is C24H35FO5. The summed E-state index contributed by atoms with van der Waals surface area (Å²) >= 11 is 0. The van der Waals surface area contributed by atoms with Gasteiger partial charge in [-0.2, -0.15) is 0 Å². The molecule has 0 radical (unpaired) electrons. The molecule has 0 aliphatic heterocycles. The Bertz CT molecular complexity index is 805. The Morgan fingerprint density at radius 2 is 1.90 bits per heavy atom. The van der Waals surface area contributed by atoms with E-state index in [1.807, 2.05) is 13.8 Å². The van der Waals surface area contributed by atoms with Crippen molar-refractivity contribution in [2.24, 2.45) is 28.6 Å². The Morgan fingerprint density at radius 1 is 1.27 bits per heavy atom. The number of fused-ring (bicyclic) bond motifs is 5. The van der Waals surface area contributed by atoms with Crippen LogP contribution < -0.4 is 0 Å². The van der Waals surface area contributed by atoms with E-state index >= 15 is 4.39 Å². The van der Waals surface area contributed by atoms with Crippen LogP contribution in [0.5, 0.6) is 0 Å². The normalized spacial score (nSPS) is 49.2. The molecule has 6 heteroatoms. The van der Waals surface area contributed by atoms with Gasteiger partial charge in [0, 0.05) is 16.7 Å². The fourth-order valence-corrected chi connectivity index (χ4v) is 7.26. The smallest absolute Gasteiger partial charge is 0.190 e. The molecule has 0 bridgehead atoms. The van der Waals surface area contributed by atoms with Crippen LogP contribution in [0.15, 0.2) is 23.8 Å². The van der Waals surface area contributed by atoms with E-state index in [0.29, 0.717) is 24.8 Å². The number of allylic oxidation sites excluding steroid dienone is 4. The number of alkyl halides is 1. The summed E-state index contributed by atoms with van der Waals surface area (Å²) < 4.78 is 16.9. The molecule has 4 aliphatic rings. The first-order valence-electron chi connectivity index (χ1n) is 11.1. The van der Waals surface area contributed by atoms with Gasteiger partial charge in [0.05, 0.1) is 6.10 Å². The highest BCUT2D eigenvalue weighted by Gasteiger charge is 2.75. The van der Waals surface area contributed by atoms with Gasteiger partial charge in [-0.05, 0) is 56.6 Å². The van der Waals surface area contributed by atoms with Crippen molar-refractivity contribution < 1.29 is 29.3 Å². The highest BCUT2D eigenvalue weighted by Crippen LogP contribution is 2.70. The minimum absolute atomic E-state index is 0.0676. The van der Waals surface area contributed by atoms with Crippen molar-refractivity contribution in [3.63, 3.8) is 0 Å². The van der Waals surface area contributed by atoms with Crippen LogP contribution in [0.2, 0.25) is 0 Å². The van der Waals surface area contributed by atoms with Crippen LogP contribution in [0.4, 0.5) is 4.39 Å². The average molecular weight is 423 g/mol. The number of halogens is 1. The van der Waals surface area contributed by atoms with Crippen molar-refractivity contribution >= 4 is 11.6 Å². The van der Waals surface area contributed by atoms with Gasteiger partial charge in [0.25, 0.3) is 0 Å². The molecule has 0 saturated heterocycles. The molecule has 5 nitrogen and oxygen atoms in total. The van der Waals surface area contributed by atoms with E-state index in [4.69, 9.17) is 0 Å². The topological polar surface area (TPSA) is 94.8 Å². The largest absolute Gasteiger partial charge is 0.390 e. The summed E-state index contributed by atoms with van der Waals surface area (Å²) in [5, 5.41) is 32.0. The maximum absolute atomic E-state index is 16.9. The lowest BCUT2D eigenvalue weighted by molar-refractivity contribution is -0.219. The van der Waals surface area contributed by atoms with Crippen LogP contribution in [0.1, 0.15) is 60.3 Å². The van der Waals surface area contributed by atoms with Crippen LogP contribution in [-0.2, 0) is 9.59 Å². The number of Topliss-reactive ketones (excluding diaryl/α,β-unsaturated/α-hetero) is 1. The zero-order valence-electron chi connectivity index (χ0n) is 18.6. The first kappa shape index (κ1) is 23.3. The lowest BCUT2D eigenvalue weighted by atomic mass is 9.44. The number of carbonyl (C=O) groups is 2. The lowest BCUT2D eigenvalue weighted by Gasteiger charge is -2.62. The third-order valence-electron chi connectivity index (χ3n) is 8.79. The van der Waals surface area contributed by atoms with Gasteiger partial charge in [-0.3, -0.25) is 9.59 Å². The molecule has 3 N–H and O–H groups in total. The quantitative estimate of drug-likeness (QED) is 0.636. The van der Waals surface area contributed by atoms with E-state index in [1.165, 1.54) is 12.2 Å². The first-order valence-corrected chi connectivity index (χ1v) is 11.1. The van der Waals surface area contributed by atoms with Gasteiger partial charge in [0.2, 0.25) is 0 Å². The SMILES string of the molecule is CC.C[C@H]1C[C@H]2[C@@H]3CCC4=CC(=O)C=C[C@]4(C)[C@@]3(F)[C@@H](O)C[C@]2(C)[C@@]1(O)C(=O)CO. The number of rotatable bonds is 2. The van der Waals surface area contributed by atoms with E-state index in [9.17, 15) is 24.9 Å². The monoisotopic (exact) mass is 422 g/mol. The van der Waals surface area contributed by atoms with Crippen LogP contribution in [0.25, 0.3) is 0 Å². The maximum Gasteiger partial charge on any atom is 0.190 e. The van der Waals surface area contributed by atoms with Crippen molar-refractivity contribution in [1.82, 2.24) is 0 Å². The van der Waals surface area contributed by atoms with Crippen LogP contribution in [-0.4, -0.2) is 50.9 Å². The highest BCUT2D eigenvalue weighted by atomic mass is 19.1. The molecule has 4 rings (SSSR count). The summed E-state index contributed by atoms with van der Waals surface area (Å²) in [5.74, 6) is -2.12. The third kappa shape index (κ3) is 2.56. The standard InChI is InChI=1S/C22H29FO5.C2H6/c1-12-8-16-15-5-4-13-9-14(25)6-7-19(13,2)21(15,23)17(26)10-20(16,3)22(12,28)18(27)11-24;1-2/h6-7,9,12,15-17,24,26,28H,4-5,8,10-11H2,1-3H3;1-2H3/t12-,15-,16-,17-,19-,20-,21-,22-;/m0./s1. The summed E-state index contributed by atoms with van der Waals surface area (Å²) in [6.45, 7) is 8.48. The van der Waals surface area contributed by atoms with Gasteiger partial charge in [0.15, 0.2) is 17.2 Å². The summed E-state index contributed by atoms with van der Waals surface area (Å²) in [7, 11) is 0. The molecular weight excluding hydrogens is 387 g/mol. The Morgan fingerprint density at radius 3 is 2.50 bits per heavy atom. The number of ketones is 2. The molecule has 3 saturated carbocycles. The minimum Gasteiger partial charge on any atom is -0.390 e. The molecule has 0 aromatic carbocycles. The summed E-state index contributed by atoms with van der Waals surface area (Å²) in [6, 6.07) is 0. The van der Waals surface area contributed by atoms with E-state index in [0.717, 1.165) is 0 Å². The van der Waals surface area contributed by atoms with Gasteiger partial charge in [-0.1, -0.05) is 39.3 Å². The van der Waals surface area contributed by atoms with Gasteiger partial charge < -0.3 is 15.3 Å². The molecule has 0 aromatic heterocycles. The summed E-state index contributed by atoms with van der Waals surface area (Å²) in [6.07, 6.45) is 4.44. The molecule has 0 amide bonds. The van der Waals surface area contributed by atoms with Crippen LogP contribution in [0, 0.1) is 28.6 Å². The molecule has 4 aliphatic carbocycles. The van der Waals surface area contributed by atoms with Crippen molar-refractivity contribution in [2.45, 2.75) is 77.7 Å². The average Bonchev–Trinajstić information content (AvgIpc) is 2.92. The molecule has 30 heavy (non-hydrogen) atoms. The van der Waals surface area contributed by atoms with Crippen molar-refractivity contribution in [3.8, 4) is 0 Å². The number of hydrogen-bond donors (Lipinski definition) is 3. The van der Waals surface area contributed by atoms with Crippen LogP contribution >= 0.6 is 0 Å².